The second-order valence-corrected chi connectivity index (χ2v) is 11.3. The summed E-state index contributed by atoms with van der Waals surface area (Å²) in [5.41, 5.74) is 2.64. The van der Waals surface area contributed by atoms with Gasteiger partial charge in [0.2, 0.25) is 5.96 Å². The van der Waals surface area contributed by atoms with E-state index in [1.165, 1.54) is 82.6 Å². The minimum Gasteiger partial charge on any atom is -0.353 e. The first-order valence-corrected chi connectivity index (χ1v) is 15.0. The second kappa shape index (κ2) is 14.9. The molecule has 0 aromatic heterocycles. The first-order valence-electron chi connectivity index (χ1n) is 14.6. The molecule has 3 atom stereocenters. The van der Waals surface area contributed by atoms with Crippen molar-refractivity contribution in [1.29, 1.82) is 5.26 Å². The van der Waals surface area contributed by atoms with Crippen molar-refractivity contribution in [2.24, 2.45) is 10.9 Å². The Kier molecular flexibility index (Phi) is 11.0. The van der Waals surface area contributed by atoms with Gasteiger partial charge in [-0.05, 0) is 54.7 Å². The van der Waals surface area contributed by atoms with Crippen LogP contribution in [0, 0.1) is 17.2 Å². The number of nitriles is 1. The fraction of sp³-hybridized carbons (Fsp3) is 0.531. The highest BCUT2D eigenvalue weighted by atomic mass is 32.1. The quantitative estimate of drug-likeness (QED) is 0.385. The van der Waals surface area contributed by atoms with Crippen LogP contribution in [0.5, 0.6) is 0 Å². The number of rotatable bonds is 5. The molecule has 0 radical (unpaired) electrons. The fourth-order valence-corrected chi connectivity index (χ4v) is 6.12. The van der Waals surface area contributed by atoms with E-state index in [1.54, 1.807) is 6.07 Å². The molecule has 1 heterocycles. The third-order valence-electron chi connectivity index (χ3n) is 7.92. The van der Waals surface area contributed by atoms with E-state index >= 15 is 0 Å². The predicted molar refractivity (Wildman–Crippen MR) is 162 cm³/mol. The van der Waals surface area contributed by atoms with Gasteiger partial charge >= 0.3 is 0 Å². The highest BCUT2D eigenvalue weighted by molar-refractivity contribution is 7.80. The molecule has 0 spiro atoms. The topological polar surface area (TPSA) is 63.5 Å². The number of aliphatic imine (C=N–C) groups is 1. The average molecular weight is 530 g/mol. The molecule has 0 saturated heterocycles. The first kappa shape index (κ1) is 28.1. The van der Waals surface area contributed by atoms with Crippen molar-refractivity contribution in [3.63, 3.8) is 0 Å². The van der Waals surface area contributed by atoms with Crippen LogP contribution in [0.1, 0.15) is 101 Å². The summed E-state index contributed by atoms with van der Waals surface area (Å²) in [5.74, 6) is 1.75. The summed E-state index contributed by atoms with van der Waals surface area (Å²) >= 11 is 5.90. The summed E-state index contributed by atoms with van der Waals surface area (Å²) in [4.78, 5) is 7.27. The lowest BCUT2D eigenvalue weighted by Gasteiger charge is -2.28. The Hall–Kier alpha value is -2.91. The molecule has 2 N–H and O–H groups in total. The fourth-order valence-electron chi connectivity index (χ4n) is 5.84. The van der Waals surface area contributed by atoms with Crippen LogP contribution in [0.4, 0.5) is 5.69 Å². The van der Waals surface area contributed by atoms with E-state index in [2.05, 4.69) is 52.8 Å². The van der Waals surface area contributed by atoms with Crippen LogP contribution in [0.15, 0.2) is 59.6 Å². The van der Waals surface area contributed by atoms with Gasteiger partial charge in [0.1, 0.15) is 0 Å². The Bertz CT molecular complexity index is 1090. The Morgan fingerprint density at radius 2 is 1.71 bits per heavy atom. The zero-order valence-electron chi connectivity index (χ0n) is 22.9. The van der Waals surface area contributed by atoms with Gasteiger partial charge in [-0.15, -0.1) is 0 Å². The second-order valence-electron chi connectivity index (χ2n) is 10.9. The SMILES string of the molecule is CCCC1CCCCCCCC(NC2=NC(c3ccccc3)CN2C(=S)Nc2cccc(C#N)c2)CCC1. The summed E-state index contributed by atoms with van der Waals surface area (Å²) in [7, 11) is 0. The molecule has 1 saturated carbocycles. The van der Waals surface area contributed by atoms with E-state index in [0.29, 0.717) is 23.3 Å². The largest absolute Gasteiger partial charge is 0.353 e. The van der Waals surface area contributed by atoms with Crippen LogP contribution >= 0.6 is 12.2 Å². The lowest BCUT2D eigenvalue weighted by Crippen LogP contribution is -2.48. The van der Waals surface area contributed by atoms with Crippen molar-refractivity contribution in [2.45, 2.75) is 96.1 Å². The molecule has 38 heavy (non-hydrogen) atoms. The van der Waals surface area contributed by atoms with Crippen molar-refractivity contribution < 1.29 is 0 Å². The molecule has 2 aromatic rings. The Morgan fingerprint density at radius 1 is 0.974 bits per heavy atom. The summed E-state index contributed by atoms with van der Waals surface area (Å²) in [6, 6.07) is 20.6. The summed E-state index contributed by atoms with van der Waals surface area (Å²) in [5, 5.41) is 17.1. The van der Waals surface area contributed by atoms with Gasteiger partial charge < -0.3 is 10.6 Å². The number of hydrogen-bond acceptors (Lipinski definition) is 4. The highest BCUT2D eigenvalue weighted by Crippen LogP contribution is 2.27. The molecule has 0 amide bonds. The standard InChI is InChI=1S/C32H43N5S/c1-2-13-25-14-7-4-3-5-10-19-28(20-11-15-25)34-31-36-30(27-17-8-6-9-18-27)24-37(31)32(38)35-29-21-12-16-26(22-29)23-33/h6,8-9,12,16-18,21-22,25,28,30H,2-5,7,10-11,13-15,19-20,24H2,1H3,(H,34,36)(H,35,38). The zero-order valence-corrected chi connectivity index (χ0v) is 23.7. The van der Waals surface area contributed by atoms with E-state index in [0.717, 1.165) is 17.6 Å². The monoisotopic (exact) mass is 529 g/mol. The molecular formula is C32H43N5S. The molecule has 5 nitrogen and oxygen atoms in total. The minimum absolute atomic E-state index is 0.0315. The number of anilines is 1. The molecule has 1 aliphatic heterocycles. The Labute approximate surface area is 234 Å². The number of benzene rings is 2. The number of guanidine groups is 1. The maximum atomic E-state index is 9.30. The van der Waals surface area contributed by atoms with Gasteiger partial charge in [-0.25, -0.2) is 4.99 Å². The first-order chi connectivity index (χ1) is 18.7. The van der Waals surface area contributed by atoms with Crippen LogP contribution in [-0.4, -0.2) is 28.6 Å². The van der Waals surface area contributed by atoms with E-state index in [1.807, 2.05) is 24.3 Å². The third kappa shape index (κ3) is 8.30. The number of nitrogens with one attached hydrogen (secondary N) is 2. The molecule has 2 aromatic carbocycles. The van der Waals surface area contributed by atoms with Gasteiger partial charge in [-0.3, -0.25) is 4.90 Å². The average Bonchev–Trinajstić information content (AvgIpc) is 3.36. The van der Waals surface area contributed by atoms with Crippen molar-refractivity contribution >= 4 is 29.0 Å². The van der Waals surface area contributed by atoms with Crippen LogP contribution in [0.3, 0.4) is 0 Å². The van der Waals surface area contributed by atoms with Gasteiger partial charge in [0.25, 0.3) is 0 Å². The number of nitrogens with zero attached hydrogens (tertiary/aromatic N) is 3. The van der Waals surface area contributed by atoms with Gasteiger partial charge in [0, 0.05) is 11.7 Å². The van der Waals surface area contributed by atoms with Gasteiger partial charge in [0.05, 0.1) is 24.2 Å². The van der Waals surface area contributed by atoms with Crippen molar-refractivity contribution in [1.82, 2.24) is 10.2 Å². The van der Waals surface area contributed by atoms with Crippen LogP contribution in [0.2, 0.25) is 0 Å². The van der Waals surface area contributed by atoms with E-state index in [-0.39, 0.29) is 6.04 Å². The van der Waals surface area contributed by atoms with Gasteiger partial charge in [-0.1, -0.05) is 108 Å². The molecule has 202 valence electrons. The maximum Gasteiger partial charge on any atom is 0.201 e. The van der Waals surface area contributed by atoms with E-state index in [4.69, 9.17) is 17.2 Å². The molecule has 2 aliphatic rings. The lowest BCUT2D eigenvalue weighted by molar-refractivity contribution is 0.354. The third-order valence-corrected chi connectivity index (χ3v) is 8.24. The minimum atomic E-state index is 0.0315. The Balaban J connectivity index is 1.49. The van der Waals surface area contributed by atoms with Crippen molar-refractivity contribution in [3.05, 3.63) is 65.7 Å². The number of thiocarbonyl (C=S) groups is 1. The van der Waals surface area contributed by atoms with Gasteiger partial charge in [-0.2, -0.15) is 5.26 Å². The molecule has 1 fully saturated rings. The molecule has 1 aliphatic carbocycles. The number of hydrogen-bond donors (Lipinski definition) is 2. The van der Waals surface area contributed by atoms with Gasteiger partial charge in [0.15, 0.2) is 5.11 Å². The van der Waals surface area contributed by atoms with Crippen molar-refractivity contribution in [2.75, 3.05) is 11.9 Å². The highest BCUT2D eigenvalue weighted by Gasteiger charge is 2.30. The maximum absolute atomic E-state index is 9.30. The van der Waals surface area contributed by atoms with Crippen LogP contribution < -0.4 is 10.6 Å². The lowest BCUT2D eigenvalue weighted by atomic mass is 9.89. The smallest absolute Gasteiger partial charge is 0.201 e. The molecular weight excluding hydrogens is 486 g/mol. The predicted octanol–water partition coefficient (Wildman–Crippen LogP) is 7.96. The van der Waals surface area contributed by atoms with Crippen molar-refractivity contribution in [3.8, 4) is 6.07 Å². The van der Waals surface area contributed by atoms with Crippen LogP contribution in [0.25, 0.3) is 0 Å². The Morgan fingerprint density at radius 3 is 2.50 bits per heavy atom. The molecule has 3 unspecified atom stereocenters. The zero-order chi connectivity index (χ0) is 26.6. The van der Waals surface area contributed by atoms with E-state index in [9.17, 15) is 5.26 Å². The van der Waals surface area contributed by atoms with E-state index < -0.39 is 0 Å². The molecule has 6 heteroatoms. The summed E-state index contributed by atoms with van der Waals surface area (Å²) < 4.78 is 0. The van der Waals surface area contributed by atoms with Crippen LogP contribution in [-0.2, 0) is 0 Å². The molecule has 4 rings (SSSR count). The normalized spacial score (nSPS) is 22.9. The molecule has 0 bridgehead atoms. The summed E-state index contributed by atoms with van der Waals surface area (Å²) in [6.07, 6.45) is 15.7. The summed E-state index contributed by atoms with van der Waals surface area (Å²) in [6.45, 7) is 3.02.